The van der Waals surface area contributed by atoms with Crippen LogP contribution in [0.15, 0.2) is 23.8 Å². The summed E-state index contributed by atoms with van der Waals surface area (Å²) in [4.78, 5) is 11.9. The first-order valence-corrected chi connectivity index (χ1v) is 7.14. The van der Waals surface area contributed by atoms with E-state index in [9.17, 15) is 4.79 Å². The lowest BCUT2D eigenvalue weighted by Crippen LogP contribution is -2.30. The van der Waals surface area contributed by atoms with Gasteiger partial charge in [-0.25, -0.2) is 0 Å². The normalized spacial score (nSPS) is 11.3. The van der Waals surface area contributed by atoms with Crippen LogP contribution in [-0.2, 0) is 4.79 Å². The molecule has 1 aromatic rings. The van der Waals surface area contributed by atoms with Crippen molar-refractivity contribution in [1.82, 2.24) is 5.32 Å². The third-order valence-electron chi connectivity index (χ3n) is 2.65. The molecule has 1 rings (SSSR count). The molecule has 118 valence electrons. The third kappa shape index (κ3) is 5.13. The Kier molecular flexibility index (Phi) is 6.46. The van der Waals surface area contributed by atoms with Gasteiger partial charge in [0.1, 0.15) is 11.6 Å². The first-order chi connectivity index (χ1) is 10.4. The van der Waals surface area contributed by atoms with E-state index in [1.54, 1.807) is 25.3 Å². The predicted octanol–water partition coefficient (Wildman–Crippen LogP) is 2.91. The van der Waals surface area contributed by atoms with Crippen molar-refractivity contribution in [2.45, 2.75) is 39.8 Å². The van der Waals surface area contributed by atoms with Gasteiger partial charge in [-0.3, -0.25) is 4.79 Å². The zero-order valence-corrected chi connectivity index (χ0v) is 13.6. The highest BCUT2D eigenvalue weighted by Crippen LogP contribution is 2.29. The molecule has 5 heteroatoms. The first kappa shape index (κ1) is 17.6. The molecule has 0 fully saturated rings. The summed E-state index contributed by atoms with van der Waals surface area (Å²) in [6.45, 7) is 7.54. The van der Waals surface area contributed by atoms with E-state index in [1.165, 1.54) is 6.08 Å². The van der Waals surface area contributed by atoms with Crippen LogP contribution < -0.4 is 14.8 Å². The Morgan fingerprint density at radius 2 is 1.95 bits per heavy atom. The minimum atomic E-state index is -0.390. The van der Waals surface area contributed by atoms with Crippen molar-refractivity contribution in [3.05, 3.63) is 29.3 Å². The van der Waals surface area contributed by atoms with Crippen molar-refractivity contribution in [3.63, 3.8) is 0 Å². The lowest BCUT2D eigenvalue weighted by atomic mass is 10.1. The molecular formula is C17H22N2O3. The monoisotopic (exact) mass is 302 g/mol. The largest absolute Gasteiger partial charge is 0.493 e. The van der Waals surface area contributed by atoms with Crippen molar-refractivity contribution < 1.29 is 14.3 Å². The van der Waals surface area contributed by atoms with Crippen LogP contribution in [-0.4, -0.2) is 25.2 Å². The molecule has 1 amide bonds. The quantitative estimate of drug-likeness (QED) is 0.648. The number of amides is 1. The molecular weight excluding hydrogens is 280 g/mol. The number of carbonyl (C=O) groups is 1. The predicted molar refractivity (Wildman–Crippen MR) is 85.6 cm³/mol. The fraction of sp³-hybridized carbons (Fsp3) is 0.412. The zero-order valence-electron chi connectivity index (χ0n) is 13.6. The lowest BCUT2D eigenvalue weighted by molar-refractivity contribution is -0.117. The molecule has 0 aliphatic rings. The number of ether oxygens (including phenoxy) is 2. The Morgan fingerprint density at radius 1 is 1.27 bits per heavy atom. The summed E-state index contributed by atoms with van der Waals surface area (Å²) in [5.74, 6) is 0.794. The zero-order chi connectivity index (χ0) is 16.7. The molecule has 0 heterocycles. The minimum Gasteiger partial charge on any atom is -0.493 e. The Bertz CT molecular complexity index is 598. The molecule has 1 N–H and O–H groups in total. The first-order valence-electron chi connectivity index (χ1n) is 7.14. The minimum absolute atomic E-state index is 0.0272. The van der Waals surface area contributed by atoms with Gasteiger partial charge in [0.25, 0.3) is 5.91 Å². The maximum absolute atomic E-state index is 11.9. The Hall–Kier alpha value is -2.48. The van der Waals surface area contributed by atoms with E-state index in [2.05, 4.69) is 5.32 Å². The summed E-state index contributed by atoms with van der Waals surface area (Å²) in [6.07, 6.45) is 1.56. The lowest BCUT2D eigenvalue weighted by Gasteiger charge is -2.14. The van der Waals surface area contributed by atoms with Crippen molar-refractivity contribution in [2.75, 3.05) is 7.11 Å². The molecule has 0 spiro atoms. The Morgan fingerprint density at radius 3 is 2.45 bits per heavy atom. The molecule has 0 saturated heterocycles. The molecule has 1 aromatic carbocycles. The Balaban J connectivity index is 3.08. The molecule has 0 aliphatic carbocycles. The fourth-order valence-corrected chi connectivity index (χ4v) is 1.78. The highest BCUT2D eigenvalue weighted by molar-refractivity contribution is 6.01. The van der Waals surface area contributed by atoms with Gasteiger partial charge in [0.15, 0.2) is 11.5 Å². The summed E-state index contributed by atoms with van der Waals surface area (Å²) in [6, 6.07) is 7.17. The van der Waals surface area contributed by atoms with Crippen molar-refractivity contribution in [1.29, 1.82) is 5.26 Å². The summed E-state index contributed by atoms with van der Waals surface area (Å²) >= 11 is 0. The number of rotatable bonds is 6. The molecule has 0 saturated carbocycles. The van der Waals surface area contributed by atoms with Crippen molar-refractivity contribution >= 4 is 12.0 Å². The van der Waals surface area contributed by atoms with E-state index in [0.717, 1.165) is 0 Å². The van der Waals surface area contributed by atoms with Crippen LogP contribution in [0.1, 0.15) is 33.3 Å². The number of methoxy groups -OCH3 is 1. The van der Waals surface area contributed by atoms with Crippen molar-refractivity contribution in [2.24, 2.45) is 0 Å². The van der Waals surface area contributed by atoms with Crippen LogP contribution in [0.5, 0.6) is 11.5 Å². The van der Waals surface area contributed by atoms with Gasteiger partial charge in [-0.05, 0) is 51.5 Å². The fourth-order valence-electron chi connectivity index (χ4n) is 1.78. The van der Waals surface area contributed by atoms with Crippen LogP contribution in [0.4, 0.5) is 0 Å². The van der Waals surface area contributed by atoms with Crippen LogP contribution in [0.3, 0.4) is 0 Å². The number of hydrogen-bond acceptors (Lipinski definition) is 4. The van der Waals surface area contributed by atoms with E-state index in [4.69, 9.17) is 14.7 Å². The van der Waals surface area contributed by atoms with Gasteiger partial charge in [-0.1, -0.05) is 6.07 Å². The SMILES string of the molecule is COc1cc(/C=C(\C#N)C(=O)NC(C)C)ccc1OC(C)C. The summed E-state index contributed by atoms with van der Waals surface area (Å²) in [7, 11) is 1.55. The summed E-state index contributed by atoms with van der Waals surface area (Å²) in [5, 5.41) is 11.8. The highest BCUT2D eigenvalue weighted by atomic mass is 16.5. The molecule has 0 bridgehead atoms. The average Bonchev–Trinajstić information content (AvgIpc) is 2.44. The molecule has 22 heavy (non-hydrogen) atoms. The van der Waals surface area contributed by atoms with Crippen LogP contribution >= 0.6 is 0 Å². The van der Waals surface area contributed by atoms with Crippen molar-refractivity contribution in [3.8, 4) is 17.6 Å². The average molecular weight is 302 g/mol. The van der Waals surface area contributed by atoms with Crippen LogP contribution in [0, 0.1) is 11.3 Å². The highest BCUT2D eigenvalue weighted by Gasteiger charge is 2.11. The topological polar surface area (TPSA) is 71.3 Å². The third-order valence-corrected chi connectivity index (χ3v) is 2.65. The Labute approximate surface area is 131 Å². The molecule has 0 radical (unpaired) electrons. The second kappa shape index (κ2) is 8.08. The smallest absolute Gasteiger partial charge is 0.262 e. The van der Waals surface area contributed by atoms with E-state index >= 15 is 0 Å². The molecule has 0 aromatic heterocycles. The number of nitrogens with one attached hydrogen (secondary N) is 1. The second-order valence-corrected chi connectivity index (χ2v) is 5.37. The molecule has 5 nitrogen and oxygen atoms in total. The standard InChI is InChI=1S/C17H22N2O3/c1-11(2)19-17(20)14(10-18)8-13-6-7-15(22-12(3)4)16(9-13)21-5/h6-9,11-12H,1-5H3,(H,19,20)/b14-8+. The van der Waals surface area contributed by atoms with Crippen LogP contribution in [0.25, 0.3) is 6.08 Å². The van der Waals surface area contributed by atoms with Crippen LogP contribution in [0.2, 0.25) is 0 Å². The summed E-state index contributed by atoms with van der Waals surface area (Å²) in [5.41, 5.74) is 0.747. The van der Waals surface area contributed by atoms with Gasteiger partial charge in [0.05, 0.1) is 13.2 Å². The molecule has 0 atom stereocenters. The maximum atomic E-state index is 11.9. The second-order valence-electron chi connectivity index (χ2n) is 5.37. The number of nitrogens with zero attached hydrogens (tertiary/aromatic N) is 1. The molecule has 0 unspecified atom stereocenters. The van der Waals surface area contributed by atoms with Gasteiger partial charge >= 0.3 is 0 Å². The van der Waals surface area contributed by atoms with E-state index in [-0.39, 0.29) is 23.6 Å². The number of nitriles is 1. The van der Waals surface area contributed by atoms with Gasteiger partial charge in [0, 0.05) is 6.04 Å². The summed E-state index contributed by atoms with van der Waals surface area (Å²) < 4.78 is 10.9. The van der Waals surface area contributed by atoms with Gasteiger partial charge in [-0.15, -0.1) is 0 Å². The van der Waals surface area contributed by atoms with Gasteiger partial charge < -0.3 is 14.8 Å². The molecule has 0 aliphatic heterocycles. The van der Waals surface area contributed by atoms with E-state index < -0.39 is 0 Å². The maximum Gasteiger partial charge on any atom is 0.262 e. The number of hydrogen-bond donors (Lipinski definition) is 1. The number of carbonyl (C=O) groups excluding carboxylic acids is 1. The number of benzene rings is 1. The van der Waals surface area contributed by atoms with Gasteiger partial charge in [-0.2, -0.15) is 5.26 Å². The van der Waals surface area contributed by atoms with E-state index in [0.29, 0.717) is 17.1 Å². The van der Waals surface area contributed by atoms with Gasteiger partial charge in [0.2, 0.25) is 0 Å². The van der Waals surface area contributed by atoms with E-state index in [1.807, 2.05) is 33.8 Å².